The van der Waals surface area contributed by atoms with Crippen molar-refractivity contribution in [3.05, 3.63) is 71.8 Å². The van der Waals surface area contributed by atoms with Gasteiger partial charge in [-0.3, -0.25) is 0 Å². The van der Waals surface area contributed by atoms with E-state index < -0.39 is 12.6 Å². The summed E-state index contributed by atoms with van der Waals surface area (Å²) in [5.74, 6) is 0. The quantitative estimate of drug-likeness (QED) is 0.696. The van der Waals surface area contributed by atoms with Crippen LogP contribution in [0.3, 0.4) is 0 Å². The summed E-state index contributed by atoms with van der Waals surface area (Å²) in [7, 11) is 0. The zero-order valence-corrected chi connectivity index (χ0v) is 13.0. The Balaban J connectivity index is 1.90. The van der Waals surface area contributed by atoms with Crippen molar-refractivity contribution in [1.82, 2.24) is 0 Å². The highest BCUT2D eigenvalue weighted by molar-refractivity contribution is 5.15. The average Bonchev–Trinajstić information content (AvgIpc) is 2.59. The molecule has 0 aliphatic rings. The second-order valence-corrected chi connectivity index (χ2v) is 5.27. The van der Waals surface area contributed by atoms with Crippen LogP contribution >= 0.6 is 0 Å². The highest BCUT2D eigenvalue weighted by Gasteiger charge is 2.16. The SMILES string of the molecule is CCCCC(OCc1ccccc1)OC(O)c1ccccc1. The number of unbranched alkanes of at least 4 members (excludes halogenated alkanes) is 1. The molecule has 0 aliphatic heterocycles. The molecule has 0 aliphatic carbocycles. The van der Waals surface area contributed by atoms with Crippen LogP contribution in [0.4, 0.5) is 0 Å². The smallest absolute Gasteiger partial charge is 0.184 e. The van der Waals surface area contributed by atoms with Gasteiger partial charge in [0.1, 0.15) is 0 Å². The van der Waals surface area contributed by atoms with Crippen molar-refractivity contribution in [2.75, 3.05) is 0 Å². The van der Waals surface area contributed by atoms with Crippen molar-refractivity contribution in [2.24, 2.45) is 0 Å². The van der Waals surface area contributed by atoms with Crippen molar-refractivity contribution in [2.45, 2.75) is 45.4 Å². The summed E-state index contributed by atoms with van der Waals surface area (Å²) in [6, 6.07) is 19.4. The number of ether oxygens (including phenoxy) is 2. The van der Waals surface area contributed by atoms with E-state index in [4.69, 9.17) is 9.47 Å². The van der Waals surface area contributed by atoms with Crippen LogP contribution in [-0.2, 0) is 16.1 Å². The van der Waals surface area contributed by atoms with Gasteiger partial charge in [0.2, 0.25) is 0 Å². The van der Waals surface area contributed by atoms with Gasteiger partial charge in [-0.25, -0.2) is 0 Å². The third kappa shape index (κ3) is 5.60. The third-order valence-corrected chi connectivity index (χ3v) is 3.44. The lowest BCUT2D eigenvalue weighted by Gasteiger charge is -2.22. The Morgan fingerprint density at radius 1 is 0.955 bits per heavy atom. The Hall–Kier alpha value is -1.68. The molecule has 3 heteroatoms. The third-order valence-electron chi connectivity index (χ3n) is 3.44. The number of hydrogen-bond acceptors (Lipinski definition) is 3. The predicted molar refractivity (Wildman–Crippen MR) is 87.0 cm³/mol. The van der Waals surface area contributed by atoms with E-state index in [1.165, 1.54) is 0 Å². The molecule has 2 atom stereocenters. The van der Waals surface area contributed by atoms with E-state index >= 15 is 0 Å². The van der Waals surface area contributed by atoms with Crippen molar-refractivity contribution in [3.8, 4) is 0 Å². The average molecular weight is 300 g/mol. The van der Waals surface area contributed by atoms with E-state index in [0.717, 1.165) is 30.4 Å². The van der Waals surface area contributed by atoms with Crippen LogP contribution in [0.25, 0.3) is 0 Å². The van der Waals surface area contributed by atoms with Crippen LogP contribution in [0.1, 0.15) is 43.6 Å². The number of aliphatic hydroxyl groups excluding tert-OH is 1. The molecule has 0 saturated carbocycles. The molecule has 0 heterocycles. The van der Waals surface area contributed by atoms with Gasteiger partial charge in [0, 0.05) is 5.56 Å². The van der Waals surface area contributed by atoms with Crippen molar-refractivity contribution < 1.29 is 14.6 Å². The Bertz CT molecular complexity index is 513. The van der Waals surface area contributed by atoms with Crippen LogP contribution in [0.5, 0.6) is 0 Å². The largest absolute Gasteiger partial charge is 0.364 e. The van der Waals surface area contributed by atoms with Crippen LogP contribution in [0.2, 0.25) is 0 Å². The van der Waals surface area contributed by atoms with Gasteiger partial charge in [-0.1, -0.05) is 74.0 Å². The molecule has 118 valence electrons. The summed E-state index contributed by atoms with van der Waals surface area (Å²) >= 11 is 0. The molecule has 0 bridgehead atoms. The van der Waals surface area contributed by atoms with E-state index in [2.05, 4.69) is 6.92 Å². The molecule has 0 spiro atoms. The van der Waals surface area contributed by atoms with Gasteiger partial charge in [-0.2, -0.15) is 0 Å². The first-order valence-electron chi connectivity index (χ1n) is 7.83. The van der Waals surface area contributed by atoms with Gasteiger partial charge in [0.25, 0.3) is 0 Å². The van der Waals surface area contributed by atoms with E-state index in [1.807, 2.05) is 60.7 Å². The molecular formula is C19H24O3. The summed E-state index contributed by atoms with van der Waals surface area (Å²) in [6.45, 7) is 2.61. The summed E-state index contributed by atoms with van der Waals surface area (Å²) < 4.78 is 11.5. The van der Waals surface area contributed by atoms with Crippen LogP contribution in [0, 0.1) is 0 Å². The molecule has 0 aromatic heterocycles. The minimum atomic E-state index is -0.959. The molecule has 0 radical (unpaired) electrons. The standard InChI is InChI=1S/C19H24O3/c1-2-3-14-18(21-15-16-10-6-4-7-11-16)22-19(20)17-12-8-5-9-13-17/h4-13,18-20H,2-3,14-15H2,1H3. The number of benzene rings is 2. The fourth-order valence-electron chi connectivity index (χ4n) is 2.16. The minimum Gasteiger partial charge on any atom is -0.364 e. The fraction of sp³-hybridized carbons (Fsp3) is 0.368. The summed E-state index contributed by atoms with van der Waals surface area (Å²) in [5, 5.41) is 10.2. The summed E-state index contributed by atoms with van der Waals surface area (Å²) in [5.41, 5.74) is 1.84. The maximum absolute atomic E-state index is 10.2. The number of aliphatic hydroxyl groups is 1. The molecule has 2 rings (SSSR count). The Labute approximate surface area is 132 Å². The highest BCUT2D eigenvalue weighted by Crippen LogP contribution is 2.20. The van der Waals surface area contributed by atoms with Crippen molar-refractivity contribution in [1.29, 1.82) is 0 Å². The van der Waals surface area contributed by atoms with Gasteiger partial charge in [-0.15, -0.1) is 0 Å². The molecule has 3 nitrogen and oxygen atoms in total. The first-order chi connectivity index (χ1) is 10.8. The van der Waals surface area contributed by atoms with E-state index in [1.54, 1.807) is 0 Å². The Kier molecular flexibility index (Phi) is 7.10. The monoisotopic (exact) mass is 300 g/mol. The predicted octanol–water partition coefficient (Wildman–Crippen LogP) is 4.43. The first kappa shape index (κ1) is 16.7. The topological polar surface area (TPSA) is 38.7 Å². The number of hydrogen-bond donors (Lipinski definition) is 1. The fourth-order valence-corrected chi connectivity index (χ4v) is 2.16. The minimum absolute atomic E-state index is 0.407. The van der Waals surface area contributed by atoms with Gasteiger partial charge in [0.15, 0.2) is 12.6 Å². The Morgan fingerprint density at radius 2 is 1.59 bits per heavy atom. The van der Waals surface area contributed by atoms with Crippen molar-refractivity contribution >= 4 is 0 Å². The van der Waals surface area contributed by atoms with Crippen LogP contribution in [0.15, 0.2) is 60.7 Å². The normalized spacial score (nSPS) is 13.7. The molecule has 0 fully saturated rings. The second-order valence-electron chi connectivity index (χ2n) is 5.27. The molecule has 0 amide bonds. The van der Waals surface area contributed by atoms with Gasteiger partial charge < -0.3 is 14.6 Å². The lowest BCUT2D eigenvalue weighted by atomic mass is 10.2. The lowest BCUT2D eigenvalue weighted by molar-refractivity contribution is -0.238. The second kappa shape index (κ2) is 9.36. The zero-order valence-electron chi connectivity index (χ0n) is 13.0. The van der Waals surface area contributed by atoms with Crippen molar-refractivity contribution in [3.63, 3.8) is 0 Å². The van der Waals surface area contributed by atoms with E-state index in [9.17, 15) is 5.11 Å². The first-order valence-corrected chi connectivity index (χ1v) is 7.83. The Morgan fingerprint density at radius 3 is 2.23 bits per heavy atom. The lowest BCUT2D eigenvalue weighted by Crippen LogP contribution is -2.20. The molecule has 2 unspecified atom stereocenters. The van der Waals surface area contributed by atoms with Crippen LogP contribution < -0.4 is 0 Å². The van der Waals surface area contributed by atoms with Gasteiger partial charge >= 0.3 is 0 Å². The zero-order chi connectivity index (χ0) is 15.6. The van der Waals surface area contributed by atoms with E-state index in [0.29, 0.717) is 6.61 Å². The van der Waals surface area contributed by atoms with E-state index in [-0.39, 0.29) is 0 Å². The summed E-state index contributed by atoms with van der Waals surface area (Å²) in [6.07, 6.45) is 1.47. The van der Waals surface area contributed by atoms with Crippen LogP contribution in [-0.4, -0.2) is 11.4 Å². The van der Waals surface area contributed by atoms with Gasteiger partial charge in [-0.05, 0) is 18.4 Å². The maximum atomic E-state index is 10.2. The maximum Gasteiger partial charge on any atom is 0.184 e. The highest BCUT2D eigenvalue weighted by atomic mass is 16.7. The molecule has 2 aromatic rings. The molecule has 2 aromatic carbocycles. The van der Waals surface area contributed by atoms with Gasteiger partial charge in [0.05, 0.1) is 6.61 Å². The molecule has 1 N–H and O–H groups in total. The molecule has 22 heavy (non-hydrogen) atoms. The summed E-state index contributed by atoms with van der Waals surface area (Å²) in [4.78, 5) is 0. The number of rotatable bonds is 9. The molecule has 0 saturated heterocycles. The molecular weight excluding hydrogens is 276 g/mol.